The van der Waals surface area contributed by atoms with Gasteiger partial charge in [0, 0.05) is 12.8 Å². The van der Waals surface area contributed by atoms with Gasteiger partial charge in [0.15, 0.2) is 6.10 Å². The van der Waals surface area contributed by atoms with Gasteiger partial charge < -0.3 is 39.9 Å². The van der Waals surface area contributed by atoms with Crippen LogP contribution in [0.4, 0.5) is 0 Å². The molecule has 60 heavy (non-hydrogen) atoms. The number of unbranched alkanes of at least 4 members (excludes halogenated alkanes) is 20. The number of carbonyl (C=O) groups excluding carboxylic acids is 2. The number of allylic oxidation sites excluding steroid dienone is 6. The highest BCUT2D eigenvalue weighted by Crippen LogP contribution is 2.47. The van der Waals surface area contributed by atoms with Gasteiger partial charge in [0.2, 0.25) is 0 Å². The standard InChI is InChI=1S/C46H83O13P/c1-3-5-7-9-11-13-15-17-18-19-20-21-22-23-25-27-29-31-33-35-40(48)58-38(36-56-39(47)34-32-30-28-26-24-16-14-12-10-8-6-4-2)37-57-60(54,55)59-46-44(52)42(50)41(49)43(51)45(46)53/h11-14,17-18,38,41-46,49-53H,3-10,15-16,19-37H2,1-2H3,(H,54,55)/b13-11+,14-12+,18-17+/t38-,41?,42+,43?,44?,45?,46?/m1/s1. The molecule has 0 saturated heterocycles. The molecule has 6 unspecified atom stereocenters. The van der Waals surface area contributed by atoms with Crippen LogP contribution in [0.3, 0.4) is 0 Å². The van der Waals surface area contributed by atoms with Crippen LogP contribution >= 0.6 is 7.82 Å². The monoisotopic (exact) mass is 875 g/mol. The molecule has 0 amide bonds. The van der Waals surface area contributed by atoms with E-state index in [4.69, 9.17) is 18.5 Å². The van der Waals surface area contributed by atoms with Gasteiger partial charge in [-0.15, -0.1) is 0 Å². The maximum atomic E-state index is 12.8. The van der Waals surface area contributed by atoms with Gasteiger partial charge in [-0.1, -0.05) is 140 Å². The minimum absolute atomic E-state index is 0.0904. The molecule has 350 valence electrons. The fraction of sp³-hybridized carbons (Fsp3) is 0.826. The SMILES string of the molecule is CCCCC/C=C/C/C=C/CCCCCCCCCCCC(=O)O[C@H](COC(=O)CCCCCCC/C=C/CCCCC)COP(=O)(O)OC1C(O)C(O)C(O)[C@H](O)C1O. The van der Waals surface area contributed by atoms with Gasteiger partial charge in [0.05, 0.1) is 6.61 Å². The topological polar surface area (TPSA) is 210 Å². The molecule has 8 atom stereocenters. The summed E-state index contributed by atoms with van der Waals surface area (Å²) in [5.74, 6) is -1.11. The van der Waals surface area contributed by atoms with Crippen molar-refractivity contribution in [2.75, 3.05) is 13.2 Å². The smallest absolute Gasteiger partial charge is 0.462 e. The molecule has 0 spiro atoms. The molecule has 1 aliphatic carbocycles. The van der Waals surface area contributed by atoms with E-state index in [-0.39, 0.29) is 12.8 Å². The van der Waals surface area contributed by atoms with E-state index < -0.39 is 75.7 Å². The van der Waals surface area contributed by atoms with Crippen molar-refractivity contribution >= 4 is 19.8 Å². The van der Waals surface area contributed by atoms with Crippen molar-refractivity contribution in [3.8, 4) is 0 Å². The van der Waals surface area contributed by atoms with Crippen LogP contribution in [0.15, 0.2) is 36.5 Å². The lowest BCUT2D eigenvalue weighted by Gasteiger charge is -2.41. The number of aliphatic hydroxyl groups is 5. The van der Waals surface area contributed by atoms with Crippen molar-refractivity contribution in [3.05, 3.63) is 36.5 Å². The molecule has 14 heteroatoms. The number of aliphatic hydroxyl groups excluding tert-OH is 5. The van der Waals surface area contributed by atoms with E-state index in [9.17, 15) is 44.6 Å². The first-order valence-electron chi connectivity index (χ1n) is 23.3. The minimum Gasteiger partial charge on any atom is -0.462 e. The van der Waals surface area contributed by atoms with Crippen LogP contribution in [0.25, 0.3) is 0 Å². The Bertz CT molecular complexity index is 1190. The number of carbonyl (C=O) groups is 2. The molecule has 6 N–H and O–H groups in total. The summed E-state index contributed by atoms with van der Waals surface area (Å²) < 4.78 is 33.5. The molecule has 1 saturated carbocycles. The van der Waals surface area contributed by atoms with Crippen molar-refractivity contribution in [2.24, 2.45) is 0 Å². The highest BCUT2D eigenvalue weighted by molar-refractivity contribution is 7.47. The van der Waals surface area contributed by atoms with Gasteiger partial charge in [-0.05, 0) is 70.6 Å². The van der Waals surface area contributed by atoms with Crippen molar-refractivity contribution < 1.29 is 63.1 Å². The lowest BCUT2D eigenvalue weighted by atomic mass is 9.85. The average Bonchev–Trinajstić information content (AvgIpc) is 3.23. The average molecular weight is 875 g/mol. The number of phosphoric acid groups is 1. The third-order valence-electron chi connectivity index (χ3n) is 10.7. The predicted octanol–water partition coefficient (Wildman–Crippen LogP) is 9.00. The zero-order chi connectivity index (χ0) is 44.3. The Balaban J connectivity index is 2.44. The third-order valence-corrected chi connectivity index (χ3v) is 11.7. The summed E-state index contributed by atoms with van der Waals surface area (Å²) in [5.41, 5.74) is 0. The quantitative estimate of drug-likeness (QED) is 0.0148. The van der Waals surface area contributed by atoms with Gasteiger partial charge in [-0.2, -0.15) is 0 Å². The summed E-state index contributed by atoms with van der Waals surface area (Å²) in [7, 11) is -5.12. The molecular weight excluding hydrogens is 791 g/mol. The van der Waals surface area contributed by atoms with Crippen molar-refractivity contribution in [1.82, 2.24) is 0 Å². The normalized spacial score (nSPS) is 22.5. The van der Waals surface area contributed by atoms with Crippen molar-refractivity contribution in [3.63, 3.8) is 0 Å². The number of rotatable bonds is 38. The molecule has 0 aliphatic heterocycles. The molecule has 0 aromatic heterocycles. The first-order chi connectivity index (χ1) is 28.9. The largest absolute Gasteiger partial charge is 0.472 e. The Morgan fingerprint density at radius 1 is 0.517 bits per heavy atom. The molecular formula is C46H83O13P. The maximum absolute atomic E-state index is 12.8. The summed E-state index contributed by atoms with van der Waals surface area (Å²) in [6.07, 6.45) is 27.7. The van der Waals surface area contributed by atoms with Gasteiger partial charge in [-0.3, -0.25) is 18.6 Å². The van der Waals surface area contributed by atoms with E-state index in [1.54, 1.807) is 0 Å². The summed E-state index contributed by atoms with van der Waals surface area (Å²) in [5, 5.41) is 50.1. The highest BCUT2D eigenvalue weighted by Gasteiger charge is 2.51. The van der Waals surface area contributed by atoms with E-state index in [0.29, 0.717) is 12.8 Å². The van der Waals surface area contributed by atoms with E-state index in [0.717, 1.165) is 77.0 Å². The second-order valence-electron chi connectivity index (χ2n) is 16.3. The van der Waals surface area contributed by atoms with Crippen LogP contribution in [-0.2, 0) is 32.7 Å². The number of hydrogen-bond donors (Lipinski definition) is 6. The van der Waals surface area contributed by atoms with Crippen LogP contribution in [0, 0.1) is 0 Å². The molecule has 0 heterocycles. The van der Waals surface area contributed by atoms with Crippen LogP contribution in [0.1, 0.15) is 187 Å². The van der Waals surface area contributed by atoms with Crippen LogP contribution in [-0.4, -0.2) is 98.3 Å². The first kappa shape index (κ1) is 56.1. The lowest BCUT2D eigenvalue weighted by Crippen LogP contribution is -2.64. The fourth-order valence-corrected chi connectivity index (χ4v) is 7.87. The predicted molar refractivity (Wildman–Crippen MR) is 235 cm³/mol. The van der Waals surface area contributed by atoms with Gasteiger partial charge >= 0.3 is 19.8 Å². The Morgan fingerprint density at radius 3 is 1.37 bits per heavy atom. The minimum atomic E-state index is -5.12. The highest BCUT2D eigenvalue weighted by atomic mass is 31.2. The van der Waals surface area contributed by atoms with Gasteiger partial charge in [0.25, 0.3) is 0 Å². The maximum Gasteiger partial charge on any atom is 0.472 e. The number of phosphoric ester groups is 1. The number of hydrogen-bond acceptors (Lipinski definition) is 12. The lowest BCUT2D eigenvalue weighted by molar-refractivity contribution is -0.220. The molecule has 1 rings (SSSR count). The Kier molecular flexibility index (Phi) is 34.2. The van der Waals surface area contributed by atoms with Crippen molar-refractivity contribution in [2.45, 2.75) is 230 Å². The van der Waals surface area contributed by atoms with E-state index >= 15 is 0 Å². The number of esters is 2. The Hall–Kier alpha value is -1.93. The van der Waals surface area contributed by atoms with E-state index in [1.807, 2.05) is 0 Å². The summed E-state index contributed by atoms with van der Waals surface area (Å²) in [6, 6.07) is 0. The molecule has 0 aromatic carbocycles. The summed E-state index contributed by atoms with van der Waals surface area (Å²) in [4.78, 5) is 35.7. The molecule has 1 fully saturated rings. The van der Waals surface area contributed by atoms with Crippen LogP contribution in [0.5, 0.6) is 0 Å². The van der Waals surface area contributed by atoms with Crippen LogP contribution < -0.4 is 0 Å². The molecule has 0 bridgehead atoms. The summed E-state index contributed by atoms with van der Waals surface area (Å²) >= 11 is 0. The number of ether oxygens (including phenoxy) is 2. The third kappa shape index (κ3) is 28.6. The van der Waals surface area contributed by atoms with Gasteiger partial charge in [0.1, 0.15) is 43.2 Å². The molecule has 13 nitrogen and oxygen atoms in total. The molecule has 1 aliphatic rings. The Labute approximate surface area is 361 Å². The second-order valence-corrected chi connectivity index (χ2v) is 17.7. The first-order valence-corrected chi connectivity index (χ1v) is 24.8. The second kappa shape index (κ2) is 36.5. The van der Waals surface area contributed by atoms with Crippen LogP contribution in [0.2, 0.25) is 0 Å². The summed E-state index contributed by atoms with van der Waals surface area (Å²) in [6.45, 7) is 3.24. The van der Waals surface area contributed by atoms with Crippen molar-refractivity contribution in [1.29, 1.82) is 0 Å². The molecule has 0 radical (unpaired) electrons. The van der Waals surface area contributed by atoms with Gasteiger partial charge in [-0.25, -0.2) is 4.57 Å². The Morgan fingerprint density at radius 2 is 0.900 bits per heavy atom. The van der Waals surface area contributed by atoms with E-state index in [1.165, 1.54) is 70.6 Å². The zero-order valence-corrected chi connectivity index (χ0v) is 37.9. The fourth-order valence-electron chi connectivity index (χ4n) is 6.90. The molecule has 0 aromatic rings. The zero-order valence-electron chi connectivity index (χ0n) is 37.0. The van der Waals surface area contributed by atoms with E-state index in [2.05, 4.69) is 50.3 Å².